The van der Waals surface area contributed by atoms with Gasteiger partial charge in [0.25, 0.3) is 0 Å². The van der Waals surface area contributed by atoms with Crippen molar-refractivity contribution in [3.63, 3.8) is 0 Å². The summed E-state index contributed by atoms with van der Waals surface area (Å²) in [5.41, 5.74) is 0. The van der Waals surface area contributed by atoms with Crippen molar-refractivity contribution < 1.29 is 28.6 Å². The van der Waals surface area contributed by atoms with Crippen LogP contribution in [0.4, 0.5) is 0 Å². The fourth-order valence-corrected chi connectivity index (χ4v) is 9.57. The first kappa shape index (κ1) is 67.1. The van der Waals surface area contributed by atoms with Gasteiger partial charge in [0.05, 0.1) is 0 Å². The standard InChI is InChI=1S/C63H120O6/c1-4-7-10-13-16-19-22-23-24-25-26-27-28-29-30-31-32-33-34-35-36-37-38-39-40-41-42-45-47-50-53-56-62(65)68-59-60(69-63(66)57-54-51-48-44-21-18-15-12-9-6-3)58-67-61(64)55-52-49-46-43-20-17-14-11-8-5-2/h12,15,60H,4-11,13-14,16-59H2,1-3H3/b15-12-. The lowest BCUT2D eigenvalue weighted by atomic mass is 10.0. The summed E-state index contributed by atoms with van der Waals surface area (Å²) in [7, 11) is 0. The average molecular weight is 974 g/mol. The molecule has 0 N–H and O–H groups in total. The summed E-state index contributed by atoms with van der Waals surface area (Å²) in [5.74, 6) is -0.860. The van der Waals surface area contributed by atoms with E-state index < -0.39 is 6.10 Å². The van der Waals surface area contributed by atoms with Gasteiger partial charge in [0.2, 0.25) is 0 Å². The normalized spacial score (nSPS) is 12.0. The minimum absolute atomic E-state index is 0.0682. The third-order valence-corrected chi connectivity index (χ3v) is 14.3. The summed E-state index contributed by atoms with van der Waals surface area (Å²) in [6.45, 7) is 6.61. The molecular formula is C63H120O6. The third kappa shape index (κ3) is 56.9. The highest BCUT2D eigenvalue weighted by atomic mass is 16.6. The van der Waals surface area contributed by atoms with Crippen molar-refractivity contribution in [3.05, 3.63) is 12.2 Å². The van der Waals surface area contributed by atoms with E-state index in [1.54, 1.807) is 0 Å². The molecule has 6 heteroatoms. The second-order valence-electron chi connectivity index (χ2n) is 21.3. The molecule has 0 aromatic rings. The molecule has 6 nitrogen and oxygen atoms in total. The van der Waals surface area contributed by atoms with Crippen LogP contribution in [-0.2, 0) is 28.6 Å². The Morgan fingerprint density at radius 3 is 0.783 bits per heavy atom. The van der Waals surface area contributed by atoms with Gasteiger partial charge in [-0.15, -0.1) is 0 Å². The smallest absolute Gasteiger partial charge is 0.306 e. The van der Waals surface area contributed by atoms with Crippen LogP contribution >= 0.6 is 0 Å². The first-order chi connectivity index (χ1) is 34.0. The van der Waals surface area contributed by atoms with Crippen LogP contribution in [-0.4, -0.2) is 37.2 Å². The summed E-state index contributed by atoms with van der Waals surface area (Å²) in [6.07, 6.45) is 68.3. The minimum atomic E-state index is -0.767. The van der Waals surface area contributed by atoms with E-state index in [0.717, 1.165) is 70.6 Å². The second kappa shape index (κ2) is 58.7. The Bertz CT molecular complexity index is 1070. The molecule has 0 amide bonds. The molecule has 0 aromatic carbocycles. The lowest BCUT2D eigenvalue weighted by Gasteiger charge is -2.18. The minimum Gasteiger partial charge on any atom is -0.462 e. The van der Waals surface area contributed by atoms with Crippen LogP contribution in [0.1, 0.15) is 355 Å². The van der Waals surface area contributed by atoms with Crippen molar-refractivity contribution in [3.8, 4) is 0 Å². The predicted octanol–water partition coefficient (Wildman–Crippen LogP) is 20.9. The first-order valence-corrected chi connectivity index (χ1v) is 31.2. The molecule has 0 rings (SSSR count). The van der Waals surface area contributed by atoms with Gasteiger partial charge in [-0.3, -0.25) is 14.4 Å². The quantitative estimate of drug-likeness (QED) is 0.0261. The van der Waals surface area contributed by atoms with Gasteiger partial charge in [-0.2, -0.15) is 0 Å². The summed E-state index contributed by atoms with van der Waals surface area (Å²) in [6, 6.07) is 0. The van der Waals surface area contributed by atoms with Gasteiger partial charge in [-0.1, -0.05) is 309 Å². The number of hydrogen-bond acceptors (Lipinski definition) is 6. The van der Waals surface area contributed by atoms with Gasteiger partial charge in [0, 0.05) is 19.3 Å². The van der Waals surface area contributed by atoms with E-state index in [1.165, 1.54) is 244 Å². The van der Waals surface area contributed by atoms with Gasteiger partial charge in [-0.05, 0) is 38.5 Å². The molecule has 408 valence electrons. The van der Waals surface area contributed by atoms with Crippen LogP contribution in [0.2, 0.25) is 0 Å². The predicted molar refractivity (Wildman–Crippen MR) is 298 cm³/mol. The lowest BCUT2D eigenvalue weighted by Crippen LogP contribution is -2.30. The Morgan fingerprint density at radius 1 is 0.275 bits per heavy atom. The molecule has 0 aliphatic carbocycles. The maximum Gasteiger partial charge on any atom is 0.306 e. The van der Waals surface area contributed by atoms with Crippen LogP contribution in [0, 0.1) is 0 Å². The van der Waals surface area contributed by atoms with E-state index in [2.05, 4.69) is 32.9 Å². The molecule has 0 spiro atoms. The van der Waals surface area contributed by atoms with E-state index in [1.807, 2.05) is 0 Å². The van der Waals surface area contributed by atoms with Gasteiger partial charge in [-0.25, -0.2) is 0 Å². The molecule has 0 aliphatic rings. The SMILES string of the molecule is CCC/C=C\CCCCCCCC(=O)OC(COC(=O)CCCCCCCCCCCC)COC(=O)CCCCCCCCCCCCCCCCCCCCCCCCCCCCCCCCC. The molecule has 0 heterocycles. The summed E-state index contributed by atoms with van der Waals surface area (Å²) >= 11 is 0. The number of ether oxygens (including phenoxy) is 3. The highest BCUT2D eigenvalue weighted by molar-refractivity contribution is 5.71. The topological polar surface area (TPSA) is 78.9 Å². The van der Waals surface area contributed by atoms with Gasteiger partial charge in [0.15, 0.2) is 6.10 Å². The van der Waals surface area contributed by atoms with Crippen molar-refractivity contribution in [1.82, 2.24) is 0 Å². The fraction of sp³-hybridized carbons (Fsp3) is 0.921. The summed E-state index contributed by atoms with van der Waals surface area (Å²) in [4.78, 5) is 38.0. The van der Waals surface area contributed by atoms with E-state index in [9.17, 15) is 14.4 Å². The Morgan fingerprint density at radius 2 is 0.507 bits per heavy atom. The number of unbranched alkanes of at least 4 members (excludes halogenated alkanes) is 45. The maximum atomic E-state index is 12.8. The molecular weight excluding hydrogens is 853 g/mol. The molecule has 1 atom stereocenters. The first-order valence-electron chi connectivity index (χ1n) is 31.2. The highest BCUT2D eigenvalue weighted by Crippen LogP contribution is 2.18. The number of hydrogen-bond donors (Lipinski definition) is 0. The average Bonchev–Trinajstić information content (AvgIpc) is 3.35. The Balaban J connectivity index is 3.94. The van der Waals surface area contributed by atoms with E-state index in [4.69, 9.17) is 14.2 Å². The van der Waals surface area contributed by atoms with E-state index in [0.29, 0.717) is 19.3 Å². The van der Waals surface area contributed by atoms with Crippen molar-refractivity contribution in [2.75, 3.05) is 13.2 Å². The molecule has 0 saturated carbocycles. The zero-order valence-corrected chi connectivity index (χ0v) is 46.9. The molecule has 0 bridgehead atoms. The summed E-state index contributed by atoms with van der Waals surface area (Å²) in [5, 5.41) is 0. The van der Waals surface area contributed by atoms with Crippen LogP contribution in [0.5, 0.6) is 0 Å². The zero-order valence-electron chi connectivity index (χ0n) is 46.9. The number of allylic oxidation sites excluding steroid dienone is 2. The van der Waals surface area contributed by atoms with Crippen LogP contribution in [0.3, 0.4) is 0 Å². The zero-order chi connectivity index (χ0) is 50.0. The molecule has 0 aliphatic heterocycles. The molecule has 0 fully saturated rings. The molecule has 1 unspecified atom stereocenters. The van der Waals surface area contributed by atoms with Gasteiger partial charge in [0.1, 0.15) is 13.2 Å². The molecule has 69 heavy (non-hydrogen) atoms. The van der Waals surface area contributed by atoms with Crippen LogP contribution in [0.15, 0.2) is 12.2 Å². The molecule has 0 saturated heterocycles. The number of esters is 3. The van der Waals surface area contributed by atoms with Crippen LogP contribution in [0.25, 0.3) is 0 Å². The molecule has 0 radical (unpaired) electrons. The largest absolute Gasteiger partial charge is 0.462 e. The lowest BCUT2D eigenvalue weighted by molar-refractivity contribution is -0.167. The Hall–Kier alpha value is -1.85. The highest BCUT2D eigenvalue weighted by Gasteiger charge is 2.19. The van der Waals surface area contributed by atoms with Gasteiger partial charge < -0.3 is 14.2 Å². The van der Waals surface area contributed by atoms with Crippen molar-refractivity contribution in [1.29, 1.82) is 0 Å². The van der Waals surface area contributed by atoms with Crippen molar-refractivity contribution >= 4 is 17.9 Å². The fourth-order valence-electron chi connectivity index (χ4n) is 9.57. The maximum absolute atomic E-state index is 12.8. The van der Waals surface area contributed by atoms with E-state index in [-0.39, 0.29) is 31.1 Å². The van der Waals surface area contributed by atoms with Crippen molar-refractivity contribution in [2.45, 2.75) is 361 Å². The number of rotatable bonds is 58. The number of carbonyl (C=O) groups is 3. The summed E-state index contributed by atoms with van der Waals surface area (Å²) < 4.78 is 16.8. The third-order valence-electron chi connectivity index (χ3n) is 14.3. The van der Waals surface area contributed by atoms with Gasteiger partial charge >= 0.3 is 17.9 Å². The van der Waals surface area contributed by atoms with E-state index >= 15 is 0 Å². The van der Waals surface area contributed by atoms with Crippen molar-refractivity contribution in [2.24, 2.45) is 0 Å². The van der Waals surface area contributed by atoms with Crippen LogP contribution < -0.4 is 0 Å². The Labute approximate surface area is 431 Å². The second-order valence-corrected chi connectivity index (χ2v) is 21.3. The number of carbonyl (C=O) groups excluding carboxylic acids is 3. The monoisotopic (exact) mass is 973 g/mol. The Kier molecular flexibility index (Phi) is 57.1. The molecule has 0 aromatic heterocycles.